The molecule has 1 atom stereocenters. The van der Waals surface area contributed by atoms with Crippen molar-refractivity contribution in [3.05, 3.63) is 114 Å². The standard InChI is InChI=1S/C27H27N2O2PS2/c1-20-16-18-24(19-17-20)34(30,31)29-27(33)28-21(2)25-14-9-15-26(25)32(22-10-5-3-6-11-22)23-12-7-4-8-13-23/h3-13,15-19,21H,14H2,1-2H3,(H2,28,29,33)/t21-/m1/s1. The lowest BCUT2D eigenvalue weighted by Gasteiger charge is -2.25. The second-order valence-corrected chi connectivity index (χ2v) is 12.4. The van der Waals surface area contributed by atoms with Crippen LogP contribution in [0, 0.1) is 6.92 Å². The Hall–Kier alpha value is -2.79. The van der Waals surface area contributed by atoms with Crippen molar-refractivity contribution < 1.29 is 8.42 Å². The van der Waals surface area contributed by atoms with Crippen LogP contribution in [0.15, 0.2) is 113 Å². The number of allylic oxidation sites excluding steroid dienone is 3. The van der Waals surface area contributed by atoms with Gasteiger partial charge in [-0.15, -0.1) is 0 Å². The van der Waals surface area contributed by atoms with Crippen LogP contribution in [0.2, 0.25) is 0 Å². The minimum Gasteiger partial charge on any atom is -0.356 e. The topological polar surface area (TPSA) is 58.2 Å². The smallest absolute Gasteiger partial charge is 0.263 e. The van der Waals surface area contributed by atoms with Crippen molar-refractivity contribution in [2.45, 2.75) is 31.2 Å². The number of rotatable bonds is 7. The zero-order chi connectivity index (χ0) is 24.1. The summed E-state index contributed by atoms with van der Waals surface area (Å²) in [6.07, 6.45) is 5.18. The fourth-order valence-electron chi connectivity index (χ4n) is 3.92. The van der Waals surface area contributed by atoms with E-state index in [1.807, 2.05) is 26.0 Å². The maximum Gasteiger partial charge on any atom is 0.263 e. The molecular weight excluding hydrogens is 479 g/mol. The van der Waals surface area contributed by atoms with E-state index in [1.54, 1.807) is 24.3 Å². The van der Waals surface area contributed by atoms with Crippen LogP contribution in [0.3, 0.4) is 0 Å². The van der Waals surface area contributed by atoms with Crippen molar-refractivity contribution in [3.63, 3.8) is 0 Å². The Morgan fingerprint density at radius 2 is 1.47 bits per heavy atom. The Morgan fingerprint density at radius 3 is 2.03 bits per heavy atom. The van der Waals surface area contributed by atoms with Crippen LogP contribution in [-0.2, 0) is 10.0 Å². The van der Waals surface area contributed by atoms with Gasteiger partial charge in [-0.3, -0.25) is 4.72 Å². The SMILES string of the molecule is Cc1ccc(S(=O)(=O)NC(=S)N[C@H](C)C2=C(P(c3ccccc3)c3ccccc3)C=CC2)cc1. The second kappa shape index (κ2) is 10.6. The van der Waals surface area contributed by atoms with Crippen molar-refractivity contribution in [3.8, 4) is 0 Å². The lowest BCUT2D eigenvalue weighted by Crippen LogP contribution is -2.44. The minimum atomic E-state index is -3.74. The zero-order valence-electron chi connectivity index (χ0n) is 19.1. The van der Waals surface area contributed by atoms with E-state index in [2.05, 4.69) is 70.7 Å². The Labute approximate surface area is 208 Å². The van der Waals surface area contributed by atoms with Crippen LogP contribution in [0.1, 0.15) is 18.9 Å². The highest BCUT2D eigenvalue weighted by Crippen LogP contribution is 2.48. The Morgan fingerprint density at radius 1 is 0.912 bits per heavy atom. The van der Waals surface area contributed by atoms with Gasteiger partial charge < -0.3 is 5.32 Å². The molecule has 0 radical (unpaired) electrons. The molecule has 0 amide bonds. The molecule has 0 fully saturated rings. The molecule has 3 aromatic rings. The molecule has 0 aliphatic heterocycles. The Bertz CT molecular complexity index is 1280. The summed E-state index contributed by atoms with van der Waals surface area (Å²) in [4.78, 5) is 0.189. The normalized spacial score (nSPS) is 14.3. The van der Waals surface area contributed by atoms with Gasteiger partial charge >= 0.3 is 0 Å². The number of hydrogen-bond acceptors (Lipinski definition) is 3. The lowest BCUT2D eigenvalue weighted by molar-refractivity contribution is 0.591. The van der Waals surface area contributed by atoms with Crippen molar-refractivity contribution in [2.24, 2.45) is 0 Å². The summed E-state index contributed by atoms with van der Waals surface area (Å²) in [7, 11) is -4.49. The summed E-state index contributed by atoms with van der Waals surface area (Å²) in [5, 5.41) is 7.12. The third-order valence-corrected chi connectivity index (χ3v) is 9.90. The van der Waals surface area contributed by atoms with E-state index in [0.717, 1.165) is 12.0 Å². The summed E-state index contributed by atoms with van der Waals surface area (Å²) in [5.41, 5.74) is 2.21. The van der Waals surface area contributed by atoms with Crippen LogP contribution in [0.25, 0.3) is 0 Å². The fourth-order valence-corrected chi connectivity index (χ4v) is 7.96. The first kappa shape index (κ1) is 24.3. The molecular formula is C27H27N2O2PS2. The average molecular weight is 507 g/mol. The van der Waals surface area contributed by atoms with E-state index in [0.29, 0.717) is 0 Å². The largest absolute Gasteiger partial charge is 0.356 e. The Kier molecular flexibility index (Phi) is 7.62. The molecule has 1 aliphatic carbocycles. The molecule has 0 saturated carbocycles. The van der Waals surface area contributed by atoms with Crippen LogP contribution >= 0.6 is 20.1 Å². The van der Waals surface area contributed by atoms with Gasteiger partial charge in [0.15, 0.2) is 5.11 Å². The fraction of sp³-hybridized carbons (Fsp3) is 0.148. The van der Waals surface area contributed by atoms with Gasteiger partial charge in [0.1, 0.15) is 0 Å². The number of hydrogen-bond donors (Lipinski definition) is 2. The molecule has 0 unspecified atom stereocenters. The monoisotopic (exact) mass is 506 g/mol. The van der Waals surface area contributed by atoms with Gasteiger partial charge in [0, 0.05) is 6.04 Å². The quantitative estimate of drug-likeness (QED) is 0.354. The summed E-state index contributed by atoms with van der Waals surface area (Å²) < 4.78 is 28.0. The van der Waals surface area contributed by atoms with Crippen molar-refractivity contribution in [2.75, 3.05) is 0 Å². The van der Waals surface area contributed by atoms with E-state index >= 15 is 0 Å². The van der Waals surface area contributed by atoms with Gasteiger partial charge in [-0.05, 0) is 74.0 Å². The maximum atomic E-state index is 12.7. The first-order chi connectivity index (χ1) is 16.3. The molecule has 0 spiro atoms. The molecule has 4 rings (SSSR count). The molecule has 1 aliphatic rings. The zero-order valence-corrected chi connectivity index (χ0v) is 21.6. The highest BCUT2D eigenvalue weighted by Gasteiger charge is 2.26. The number of benzene rings is 3. The molecule has 7 heteroatoms. The predicted molar refractivity (Wildman–Crippen MR) is 147 cm³/mol. The lowest BCUT2D eigenvalue weighted by atomic mass is 10.1. The van der Waals surface area contributed by atoms with E-state index < -0.39 is 17.9 Å². The van der Waals surface area contributed by atoms with E-state index in [9.17, 15) is 8.42 Å². The molecule has 0 aromatic heterocycles. The first-order valence-electron chi connectivity index (χ1n) is 11.0. The maximum absolute atomic E-state index is 12.7. The summed E-state index contributed by atoms with van der Waals surface area (Å²) in [6.45, 7) is 3.94. The number of sulfonamides is 1. The van der Waals surface area contributed by atoms with Crippen molar-refractivity contribution >= 4 is 45.9 Å². The van der Waals surface area contributed by atoms with Gasteiger partial charge in [0.05, 0.1) is 4.90 Å². The van der Waals surface area contributed by atoms with E-state index in [-0.39, 0.29) is 16.0 Å². The molecule has 34 heavy (non-hydrogen) atoms. The number of aryl methyl sites for hydroxylation is 1. The molecule has 4 nitrogen and oxygen atoms in total. The first-order valence-corrected chi connectivity index (χ1v) is 14.3. The molecule has 174 valence electrons. The third-order valence-electron chi connectivity index (χ3n) is 5.64. The molecule has 2 N–H and O–H groups in total. The Balaban J connectivity index is 1.58. The molecule has 3 aromatic carbocycles. The average Bonchev–Trinajstić information content (AvgIpc) is 3.30. The van der Waals surface area contributed by atoms with Crippen LogP contribution in [-0.4, -0.2) is 19.6 Å². The van der Waals surface area contributed by atoms with Gasteiger partial charge in [-0.1, -0.05) is 90.5 Å². The van der Waals surface area contributed by atoms with E-state index in [1.165, 1.54) is 21.5 Å². The molecule has 0 bridgehead atoms. The van der Waals surface area contributed by atoms with Crippen LogP contribution in [0.5, 0.6) is 0 Å². The number of nitrogens with one attached hydrogen (secondary N) is 2. The van der Waals surface area contributed by atoms with Gasteiger partial charge in [-0.2, -0.15) is 0 Å². The van der Waals surface area contributed by atoms with Gasteiger partial charge in [0.25, 0.3) is 10.0 Å². The third kappa shape index (κ3) is 5.64. The van der Waals surface area contributed by atoms with Crippen molar-refractivity contribution in [1.29, 1.82) is 0 Å². The van der Waals surface area contributed by atoms with E-state index in [4.69, 9.17) is 12.2 Å². The van der Waals surface area contributed by atoms with Gasteiger partial charge in [0.2, 0.25) is 0 Å². The summed E-state index contributed by atoms with van der Waals surface area (Å²) >= 11 is 5.39. The number of thiocarbonyl (C=S) groups is 1. The summed E-state index contributed by atoms with van der Waals surface area (Å²) in [5.74, 6) is 0. The highest BCUT2D eigenvalue weighted by molar-refractivity contribution is 7.91. The summed E-state index contributed by atoms with van der Waals surface area (Å²) in [6, 6.07) is 27.6. The second-order valence-electron chi connectivity index (χ2n) is 8.14. The van der Waals surface area contributed by atoms with Crippen LogP contribution < -0.4 is 20.6 Å². The highest BCUT2D eigenvalue weighted by atomic mass is 32.2. The molecule has 0 saturated heterocycles. The van der Waals surface area contributed by atoms with Gasteiger partial charge in [-0.25, -0.2) is 8.42 Å². The predicted octanol–water partition coefficient (Wildman–Crippen LogP) is 4.88. The van der Waals surface area contributed by atoms with Crippen molar-refractivity contribution in [1.82, 2.24) is 10.0 Å². The molecule has 0 heterocycles. The minimum absolute atomic E-state index is 0.0931. The van der Waals surface area contributed by atoms with Crippen LogP contribution in [0.4, 0.5) is 0 Å².